The molecule has 86 valence electrons. The Morgan fingerprint density at radius 2 is 2.38 bits per heavy atom. The van der Waals surface area contributed by atoms with Crippen LogP contribution in [0.2, 0.25) is 0 Å². The molecule has 2 aromatic rings. The number of rotatable bonds is 4. The van der Waals surface area contributed by atoms with Crippen LogP contribution in [0.4, 0.5) is 0 Å². The average molecular weight is 220 g/mol. The lowest BCUT2D eigenvalue weighted by atomic mass is 10.2. The number of nitrogens with zero attached hydrogens (tertiary/aromatic N) is 3. The SMILES string of the molecule is COC(CN)Cc1nc2cccnc2n1C. The van der Waals surface area contributed by atoms with E-state index in [1.165, 1.54) is 0 Å². The van der Waals surface area contributed by atoms with E-state index in [4.69, 9.17) is 10.5 Å². The molecular formula is C11H16N4O. The fraction of sp³-hybridized carbons (Fsp3) is 0.455. The predicted molar refractivity (Wildman–Crippen MR) is 62.1 cm³/mol. The van der Waals surface area contributed by atoms with Gasteiger partial charge in [-0.15, -0.1) is 0 Å². The second kappa shape index (κ2) is 4.59. The van der Waals surface area contributed by atoms with E-state index in [0.29, 0.717) is 13.0 Å². The largest absolute Gasteiger partial charge is 0.380 e. The smallest absolute Gasteiger partial charge is 0.159 e. The molecule has 0 fully saturated rings. The summed E-state index contributed by atoms with van der Waals surface area (Å²) in [6.45, 7) is 0.493. The van der Waals surface area contributed by atoms with E-state index in [-0.39, 0.29) is 6.10 Å². The Hall–Kier alpha value is -1.46. The third-order valence-electron chi connectivity index (χ3n) is 2.73. The van der Waals surface area contributed by atoms with Gasteiger partial charge in [-0.2, -0.15) is 0 Å². The number of nitrogens with two attached hydrogens (primary N) is 1. The number of imidazole rings is 1. The van der Waals surface area contributed by atoms with Crippen molar-refractivity contribution in [3.05, 3.63) is 24.2 Å². The van der Waals surface area contributed by atoms with Crippen LogP contribution >= 0.6 is 0 Å². The first kappa shape index (κ1) is 11.0. The van der Waals surface area contributed by atoms with Crippen molar-refractivity contribution in [2.24, 2.45) is 12.8 Å². The molecule has 5 nitrogen and oxygen atoms in total. The fourth-order valence-electron chi connectivity index (χ4n) is 1.72. The van der Waals surface area contributed by atoms with Crippen molar-refractivity contribution < 1.29 is 4.74 Å². The minimum atomic E-state index is 0.00973. The molecule has 1 atom stereocenters. The highest BCUT2D eigenvalue weighted by atomic mass is 16.5. The van der Waals surface area contributed by atoms with Crippen LogP contribution in [0, 0.1) is 0 Å². The molecule has 0 saturated carbocycles. The highest BCUT2D eigenvalue weighted by molar-refractivity contribution is 5.70. The molecule has 0 aromatic carbocycles. The molecule has 5 heteroatoms. The quantitative estimate of drug-likeness (QED) is 0.814. The molecule has 0 aliphatic rings. The Balaban J connectivity index is 2.34. The maximum absolute atomic E-state index is 5.60. The van der Waals surface area contributed by atoms with Gasteiger partial charge in [0.15, 0.2) is 5.65 Å². The molecule has 2 rings (SSSR count). The molecule has 0 aliphatic heterocycles. The van der Waals surface area contributed by atoms with E-state index in [1.54, 1.807) is 13.3 Å². The number of fused-ring (bicyclic) bond motifs is 1. The average Bonchev–Trinajstić information content (AvgIpc) is 2.64. The van der Waals surface area contributed by atoms with Gasteiger partial charge in [-0.3, -0.25) is 0 Å². The van der Waals surface area contributed by atoms with Crippen molar-refractivity contribution in [1.82, 2.24) is 14.5 Å². The molecule has 0 spiro atoms. The summed E-state index contributed by atoms with van der Waals surface area (Å²) >= 11 is 0. The first-order chi connectivity index (χ1) is 7.76. The minimum Gasteiger partial charge on any atom is -0.380 e. The van der Waals surface area contributed by atoms with Gasteiger partial charge in [-0.25, -0.2) is 9.97 Å². The molecule has 0 saturated heterocycles. The summed E-state index contributed by atoms with van der Waals surface area (Å²) in [6.07, 6.45) is 2.49. The minimum absolute atomic E-state index is 0.00973. The number of ether oxygens (including phenoxy) is 1. The Morgan fingerprint density at radius 3 is 3.00 bits per heavy atom. The predicted octanol–water partition coefficient (Wildman–Crippen LogP) is 0.484. The summed E-state index contributed by atoms with van der Waals surface area (Å²) < 4.78 is 7.24. The van der Waals surface area contributed by atoms with E-state index in [9.17, 15) is 0 Å². The van der Waals surface area contributed by atoms with Gasteiger partial charge < -0.3 is 15.0 Å². The van der Waals surface area contributed by atoms with Gasteiger partial charge in [-0.1, -0.05) is 0 Å². The number of pyridine rings is 1. The fourth-order valence-corrected chi connectivity index (χ4v) is 1.72. The molecule has 0 aliphatic carbocycles. The second-order valence-corrected chi connectivity index (χ2v) is 3.73. The maximum atomic E-state index is 5.60. The zero-order valence-corrected chi connectivity index (χ0v) is 9.55. The zero-order chi connectivity index (χ0) is 11.5. The van der Waals surface area contributed by atoms with Crippen molar-refractivity contribution in [1.29, 1.82) is 0 Å². The molecule has 0 radical (unpaired) electrons. The molecule has 1 unspecified atom stereocenters. The summed E-state index contributed by atoms with van der Waals surface area (Å²) in [6, 6.07) is 3.84. The molecule has 2 heterocycles. The van der Waals surface area contributed by atoms with Crippen LogP contribution < -0.4 is 5.73 Å². The maximum Gasteiger partial charge on any atom is 0.159 e. The van der Waals surface area contributed by atoms with Gasteiger partial charge in [0, 0.05) is 33.3 Å². The third-order valence-corrected chi connectivity index (χ3v) is 2.73. The molecule has 2 N–H and O–H groups in total. The first-order valence-electron chi connectivity index (χ1n) is 5.25. The van der Waals surface area contributed by atoms with E-state index >= 15 is 0 Å². The number of methoxy groups -OCH3 is 1. The van der Waals surface area contributed by atoms with Crippen molar-refractivity contribution >= 4 is 11.2 Å². The van der Waals surface area contributed by atoms with E-state index in [1.807, 2.05) is 23.7 Å². The van der Waals surface area contributed by atoms with Gasteiger partial charge >= 0.3 is 0 Å². The molecule has 0 amide bonds. The van der Waals surface area contributed by atoms with E-state index in [0.717, 1.165) is 17.0 Å². The Labute approximate surface area is 94.2 Å². The first-order valence-corrected chi connectivity index (χ1v) is 5.25. The Morgan fingerprint density at radius 1 is 1.56 bits per heavy atom. The third kappa shape index (κ3) is 1.91. The number of aromatic nitrogens is 3. The lowest BCUT2D eigenvalue weighted by Gasteiger charge is -2.11. The van der Waals surface area contributed by atoms with Crippen LogP contribution in [0.15, 0.2) is 18.3 Å². The lowest BCUT2D eigenvalue weighted by Crippen LogP contribution is -2.25. The van der Waals surface area contributed by atoms with E-state index < -0.39 is 0 Å². The van der Waals surface area contributed by atoms with Gasteiger partial charge in [0.25, 0.3) is 0 Å². The van der Waals surface area contributed by atoms with Gasteiger partial charge in [0.1, 0.15) is 11.3 Å². The summed E-state index contributed by atoms with van der Waals surface area (Å²) in [5, 5.41) is 0. The van der Waals surface area contributed by atoms with E-state index in [2.05, 4.69) is 9.97 Å². The summed E-state index contributed by atoms with van der Waals surface area (Å²) in [4.78, 5) is 8.80. The normalized spacial score (nSPS) is 13.2. The van der Waals surface area contributed by atoms with Crippen molar-refractivity contribution in [3.63, 3.8) is 0 Å². The Bertz CT molecular complexity index is 476. The molecular weight excluding hydrogens is 204 g/mol. The molecule has 0 bridgehead atoms. The summed E-state index contributed by atoms with van der Waals surface area (Å²) in [7, 11) is 3.62. The Kier molecular flexibility index (Phi) is 3.17. The van der Waals surface area contributed by atoms with Crippen LogP contribution in [-0.2, 0) is 18.2 Å². The van der Waals surface area contributed by atoms with Crippen LogP contribution in [0.1, 0.15) is 5.82 Å². The van der Waals surface area contributed by atoms with Gasteiger partial charge in [-0.05, 0) is 12.1 Å². The van der Waals surface area contributed by atoms with Crippen molar-refractivity contribution in [2.75, 3.05) is 13.7 Å². The monoisotopic (exact) mass is 220 g/mol. The van der Waals surface area contributed by atoms with Gasteiger partial charge in [0.05, 0.1) is 6.10 Å². The van der Waals surface area contributed by atoms with Gasteiger partial charge in [0.2, 0.25) is 0 Å². The highest BCUT2D eigenvalue weighted by Gasteiger charge is 2.13. The van der Waals surface area contributed by atoms with Crippen LogP contribution in [0.3, 0.4) is 0 Å². The number of aryl methyl sites for hydroxylation is 1. The highest BCUT2D eigenvalue weighted by Crippen LogP contribution is 2.13. The van der Waals surface area contributed by atoms with Crippen LogP contribution in [0.5, 0.6) is 0 Å². The standard InChI is InChI=1S/C11H16N4O/c1-15-10(6-8(7-12)16-2)14-9-4-3-5-13-11(9)15/h3-5,8H,6-7,12H2,1-2H3. The lowest BCUT2D eigenvalue weighted by molar-refractivity contribution is 0.108. The summed E-state index contributed by atoms with van der Waals surface area (Å²) in [5.74, 6) is 0.950. The molecule has 2 aromatic heterocycles. The number of hydrogen-bond acceptors (Lipinski definition) is 4. The van der Waals surface area contributed by atoms with Crippen molar-refractivity contribution in [2.45, 2.75) is 12.5 Å². The number of hydrogen-bond donors (Lipinski definition) is 1. The summed E-state index contributed by atoms with van der Waals surface area (Å²) in [5.41, 5.74) is 7.40. The van der Waals surface area contributed by atoms with Crippen LogP contribution in [0.25, 0.3) is 11.2 Å². The van der Waals surface area contributed by atoms with Crippen LogP contribution in [-0.4, -0.2) is 34.3 Å². The topological polar surface area (TPSA) is 66.0 Å². The molecule has 16 heavy (non-hydrogen) atoms. The zero-order valence-electron chi connectivity index (χ0n) is 9.55. The van der Waals surface area contributed by atoms with Crippen molar-refractivity contribution in [3.8, 4) is 0 Å². The second-order valence-electron chi connectivity index (χ2n) is 3.73.